The van der Waals surface area contributed by atoms with E-state index in [1.165, 1.54) is 39.2 Å². The lowest BCUT2D eigenvalue weighted by Crippen LogP contribution is -2.23. The predicted molar refractivity (Wildman–Crippen MR) is 81.9 cm³/mol. The molecule has 1 aromatic carbocycles. The van der Waals surface area contributed by atoms with Gasteiger partial charge < -0.3 is 9.73 Å². The van der Waals surface area contributed by atoms with Gasteiger partial charge in [0.1, 0.15) is 11.6 Å². The third kappa shape index (κ3) is 3.77. The SMILES string of the molecule is Cc1oc(S(=O)(=O)N(C)C)cc1C(=O)NCc1cccc(F)c1. The molecule has 2 rings (SSSR count). The van der Waals surface area contributed by atoms with Crippen molar-refractivity contribution >= 4 is 15.9 Å². The molecular weight excluding hydrogens is 323 g/mol. The standard InChI is InChI=1S/C15H17FN2O4S/c1-10-13(8-14(22-10)23(20,21)18(2)3)15(19)17-9-11-5-4-6-12(16)7-11/h4-8H,9H2,1-3H3,(H,17,19). The summed E-state index contributed by atoms with van der Waals surface area (Å²) in [6.07, 6.45) is 0. The van der Waals surface area contributed by atoms with Crippen LogP contribution in [0.15, 0.2) is 39.8 Å². The van der Waals surface area contributed by atoms with Crippen LogP contribution in [0.5, 0.6) is 0 Å². The van der Waals surface area contributed by atoms with Gasteiger partial charge in [-0.05, 0) is 24.6 Å². The Kier molecular flexibility index (Phi) is 4.86. The van der Waals surface area contributed by atoms with Gasteiger partial charge in [-0.15, -0.1) is 0 Å². The molecule has 2 aromatic rings. The number of halogens is 1. The van der Waals surface area contributed by atoms with Crippen molar-refractivity contribution in [1.29, 1.82) is 0 Å². The van der Waals surface area contributed by atoms with Crippen molar-refractivity contribution in [3.8, 4) is 0 Å². The van der Waals surface area contributed by atoms with Crippen molar-refractivity contribution in [2.24, 2.45) is 0 Å². The summed E-state index contributed by atoms with van der Waals surface area (Å²) in [4.78, 5) is 12.2. The van der Waals surface area contributed by atoms with Crippen LogP contribution in [0.25, 0.3) is 0 Å². The molecule has 0 unspecified atom stereocenters. The predicted octanol–water partition coefficient (Wildman–Crippen LogP) is 1.91. The third-order valence-electron chi connectivity index (χ3n) is 3.22. The Morgan fingerprint density at radius 3 is 2.61 bits per heavy atom. The molecule has 0 spiro atoms. The van der Waals surface area contributed by atoms with Gasteiger partial charge in [0, 0.05) is 26.7 Å². The zero-order chi connectivity index (χ0) is 17.2. The van der Waals surface area contributed by atoms with Crippen molar-refractivity contribution in [2.45, 2.75) is 18.6 Å². The number of rotatable bonds is 5. The van der Waals surface area contributed by atoms with Gasteiger partial charge in [0.15, 0.2) is 0 Å². The molecule has 0 aliphatic carbocycles. The fraction of sp³-hybridized carbons (Fsp3) is 0.267. The van der Waals surface area contributed by atoms with Crippen molar-refractivity contribution in [3.63, 3.8) is 0 Å². The number of aryl methyl sites for hydroxylation is 1. The minimum absolute atomic E-state index is 0.122. The molecule has 0 saturated carbocycles. The van der Waals surface area contributed by atoms with Crippen LogP contribution in [-0.2, 0) is 16.6 Å². The van der Waals surface area contributed by atoms with Crippen molar-refractivity contribution in [3.05, 3.63) is 53.0 Å². The van der Waals surface area contributed by atoms with E-state index in [0.717, 1.165) is 4.31 Å². The van der Waals surface area contributed by atoms with Gasteiger partial charge >= 0.3 is 0 Å². The zero-order valence-corrected chi connectivity index (χ0v) is 13.8. The average molecular weight is 340 g/mol. The second-order valence-corrected chi connectivity index (χ2v) is 7.22. The van der Waals surface area contributed by atoms with Gasteiger partial charge in [0.2, 0.25) is 5.09 Å². The zero-order valence-electron chi connectivity index (χ0n) is 13.0. The highest BCUT2D eigenvalue weighted by Gasteiger charge is 2.25. The first-order valence-electron chi connectivity index (χ1n) is 6.77. The summed E-state index contributed by atoms with van der Waals surface area (Å²) in [6, 6.07) is 7.02. The molecule has 0 aliphatic heterocycles. The lowest BCUT2D eigenvalue weighted by atomic mass is 10.2. The molecule has 8 heteroatoms. The first-order chi connectivity index (χ1) is 10.7. The maximum atomic E-state index is 13.1. The second kappa shape index (κ2) is 6.51. The molecule has 1 amide bonds. The van der Waals surface area contributed by atoms with E-state index >= 15 is 0 Å². The highest BCUT2D eigenvalue weighted by atomic mass is 32.2. The number of carbonyl (C=O) groups is 1. The molecule has 124 valence electrons. The number of hydrogen-bond acceptors (Lipinski definition) is 4. The van der Waals surface area contributed by atoms with Crippen LogP contribution in [0.1, 0.15) is 21.7 Å². The van der Waals surface area contributed by atoms with Crippen LogP contribution < -0.4 is 5.32 Å². The largest absolute Gasteiger partial charge is 0.448 e. The van der Waals surface area contributed by atoms with Gasteiger partial charge in [-0.2, -0.15) is 0 Å². The summed E-state index contributed by atoms with van der Waals surface area (Å²) < 4.78 is 43.3. The van der Waals surface area contributed by atoms with Gasteiger partial charge in [0.25, 0.3) is 15.9 Å². The Bertz CT molecular complexity index is 828. The summed E-state index contributed by atoms with van der Waals surface area (Å²) in [5.74, 6) is -0.687. The summed E-state index contributed by atoms with van der Waals surface area (Å²) >= 11 is 0. The Morgan fingerprint density at radius 1 is 1.30 bits per heavy atom. The maximum absolute atomic E-state index is 13.1. The number of carbonyl (C=O) groups excluding carboxylic acids is 1. The van der Waals surface area contributed by atoms with Crippen LogP contribution in [0, 0.1) is 12.7 Å². The number of amides is 1. The summed E-state index contributed by atoms with van der Waals surface area (Å²) in [5.41, 5.74) is 0.725. The van der Waals surface area contributed by atoms with Gasteiger partial charge in [-0.1, -0.05) is 12.1 Å². The molecule has 0 bridgehead atoms. The molecule has 0 aliphatic rings. The summed E-state index contributed by atoms with van der Waals surface area (Å²) in [5, 5.41) is 2.31. The van der Waals surface area contributed by atoms with Gasteiger partial charge in [-0.3, -0.25) is 4.79 Å². The van der Waals surface area contributed by atoms with E-state index in [-0.39, 0.29) is 23.0 Å². The van der Waals surface area contributed by atoms with Crippen LogP contribution in [0.3, 0.4) is 0 Å². The fourth-order valence-corrected chi connectivity index (χ4v) is 2.77. The van der Waals surface area contributed by atoms with Crippen LogP contribution >= 0.6 is 0 Å². The van der Waals surface area contributed by atoms with Crippen molar-refractivity contribution < 1.29 is 22.0 Å². The summed E-state index contributed by atoms with van der Waals surface area (Å²) in [6.45, 7) is 1.63. The first-order valence-corrected chi connectivity index (χ1v) is 8.21. The lowest BCUT2D eigenvalue weighted by Gasteiger charge is -2.07. The third-order valence-corrected chi connectivity index (χ3v) is 4.89. The molecule has 6 nitrogen and oxygen atoms in total. The number of nitrogens with zero attached hydrogens (tertiary/aromatic N) is 1. The van der Waals surface area contributed by atoms with Crippen LogP contribution in [-0.4, -0.2) is 32.7 Å². The van der Waals surface area contributed by atoms with Crippen LogP contribution in [0.2, 0.25) is 0 Å². The number of sulfonamides is 1. The average Bonchev–Trinajstić information content (AvgIpc) is 2.87. The van der Waals surface area contributed by atoms with E-state index in [1.807, 2.05) is 0 Å². The molecular formula is C15H17FN2O4S. The highest BCUT2D eigenvalue weighted by Crippen LogP contribution is 2.21. The molecule has 0 fully saturated rings. The highest BCUT2D eigenvalue weighted by molar-refractivity contribution is 7.88. The second-order valence-electron chi connectivity index (χ2n) is 5.14. The number of nitrogens with one attached hydrogen (secondary N) is 1. The number of furan rings is 1. The molecule has 23 heavy (non-hydrogen) atoms. The summed E-state index contributed by atoms with van der Waals surface area (Å²) in [7, 11) is -1.00. The molecule has 0 atom stereocenters. The van der Waals surface area contributed by atoms with Crippen molar-refractivity contribution in [1.82, 2.24) is 9.62 Å². The van der Waals surface area contributed by atoms with E-state index < -0.39 is 21.7 Å². The smallest absolute Gasteiger partial charge is 0.275 e. The number of hydrogen-bond donors (Lipinski definition) is 1. The minimum atomic E-state index is -3.75. The Labute approximate surface area is 134 Å². The van der Waals surface area contributed by atoms with E-state index in [9.17, 15) is 17.6 Å². The molecule has 1 N–H and O–H groups in total. The molecule has 1 aromatic heterocycles. The van der Waals surface area contributed by atoms with E-state index in [0.29, 0.717) is 5.56 Å². The monoisotopic (exact) mass is 340 g/mol. The van der Waals surface area contributed by atoms with Crippen molar-refractivity contribution in [2.75, 3.05) is 14.1 Å². The topological polar surface area (TPSA) is 79.6 Å². The quantitative estimate of drug-likeness (QED) is 0.902. The van der Waals surface area contributed by atoms with Gasteiger partial charge in [0.05, 0.1) is 5.56 Å². The normalized spacial score (nSPS) is 11.7. The molecule has 1 heterocycles. The Balaban J connectivity index is 2.16. The Hall–Kier alpha value is -2.19. The minimum Gasteiger partial charge on any atom is -0.448 e. The van der Waals surface area contributed by atoms with E-state index in [2.05, 4.69) is 5.32 Å². The van der Waals surface area contributed by atoms with E-state index in [4.69, 9.17) is 4.42 Å². The first kappa shape index (κ1) is 17.2. The Morgan fingerprint density at radius 2 is 2.00 bits per heavy atom. The van der Waals surface area contributed by atoms with Gasteiger partial charge in [-0.25, -0.2) is 17.1 Å². The van der Waals surface area contributed by atoms with E-state index in [1.54, 1.807) is 12.1 Å². The number of benzene rings is 1. The van der Waals surface area contributed by atoms with Crippen LogP contribution in [0.4, 0.5) is 4.39 Å². The molecule has 0 radical (unpaired) electrons. The lowest BCUT2D eigenvalue weighted by molar-refractivity contribution is 0.0949. The maximum Gasteiger partial charge on any atom is 0.275 e. The fourth-order valence-electron chi connectivity index (χ4n) is 1.91. The molecule has 0 saturated heterocycles.